The lowest BCUT2D eigenvalue weighted by atomic mass is 9.92. The zero-order valence-electron chi connectivity index (χ0n) is 13.9. The zero-order valence-corrected chi connectivity index (χ0v) is 15.5. The van der Waals surface area contributed by atoms with Crippen LogP contribution in [0.4, 0.5) is 0 Å². The molecule has 5 nitrogen and oxygen atoms in total. The SMILES string of the molecule is OC[C@H]1O[C@@H](c2csc(Cc3cc4ccccc4s3)c2)[C@H](O)[C@@H](O)[C@@H]1O. The number of rotatable bonds is 4. The molecule has 1 fully saturated rings. The molecule has 138 valence electrons. The third kappa shape index (κ3) is 3.32. The van der Waals surface area contributed by atoms with E-state index in [1.807, 2.05) is 23.6 Å². The number of fused-ring (bicyclic) bond motifs is 1. The fourth-order valence-corrected chi connectivity index (χ4v) is 5.42. The Morgan fingerprint density at radius 2 is 1.77 bits per heavy atom. The van der Waals surface area contributed by atoms with Crippen molar-refractivity contribution >= 4 is 32.8 Å². The summed E-state index contributed by atoms with van der Waals surface area (Å²) in [5.74, 6) is 0. The van der Waals surface area contributed by atoms with Crippen molar-refractivity contribution in [2.45, 2.75) is 36.9 Å². The van der Waals surface area contributed by atoms with Crippen molar-refractivity contribution in [2.75, 3.05) is 6.61 Å². The van der Waals surface area contributed by atoms with Crippen LogP contribution in [0, 0.1) is 0 Å². The van der Waals surface area contributed by atoms with Gasteiger partial charge in [0, 0.05) is 20.9 Å². The predicted molar refractivity (Wildman–Crippen MR) is 102 cm³/mol. The van der Waals surface area contributed by atoms with Gasteiger partial charge in [0.25, 0.3) is 0 Å². The van der Waals surface area contributed by atoms with Gasteiger partial charge in [0.05, 0.1) is 6.61 Å². The van der Waals surface area contributed by atoms with E-state index < -0.39 is 37.1 Å². The van der Waals surface area contributed by atoms with Gasteiger partial charge in [0.15, 0.2) is 0 Å². The first-order chi connectivity index (χ1) is 12.6. The second-order valence-electron chi connectivity index (χ2n) is 6.52. The fourth-order valence-electron chi connectivity index (χ4n) is 3.31. The van der Waals surface area contributed by atoms with Gasteiger partial charge in [-0.1, -0.05) is 18.2 Å². The third-order valence-electron chi connectivity index (χ3n) is 4.72. The van der Waals surface area contributed by atoms with Crippen molar-refractivity contribution < 1.29 is 25.2 Å². The molecule has 0 amide bonds. The molecule has 0 bridgehead atoms. The topological polar surface area (TPSA) is 90.2 Å². The van der Waals surface area contributed by atoms with E-state index >= 15 is 0 Å². The van der Waals surface area contributed by atoms with Gasteiger partial charge in [0.1, 0.15) is 30.5 Å². The molecule has 0 aliphatic carbocycles. The van der Waals surface area contributed by atoms with Crippen LogP contribution in [0.1, 0.15) is 21.4 Å². The summed E-state index contributed by atoms with van der Waals surface area (Å²) in [6, 6.07) is 12.4. The highest BCUT2D eigenvalue weighted by atomic mass is 32.1. The summed E-state index contributed by atoms with van der Waals surface area (Å²) in [6.45, 7) is -0.416. The molecule has 7 heteroatoms. The summed E-state index contributed by atoms with van der Waals surface area (Å²) in [5, 5.41) is 42.6. The minimum atomic E-state index is -1.35. The van der Waals surface area contributed by atoms with Crippen molar-refractivity contribution in [3.63, 3.8) is 0 Å². The van der Waals surface area contributed by atoms with Crippen LogP contribution in [0.5, 0.6) is 0 Å². The first kappa shape index (κ1) is 18.1. The number of aliphatic hydroxyl groups is 4. The molecule has 1 aromatic carbocycles. The number of ether oxygens (including phenoxy) is 1. The Labute approximate surface area is 158 Å². The highest BCUT2D eigenvalue weighted by Crippen LogP contribution is 2.36. The summed E-state index contributed by atoms with van der Waals surface area (Å²) in [4.78, 5) is 2.39. The Hall–Kier alpha value is -1.32. The molecule has 5 atom stereocenters. The maximum atomic E-state index is 10.3. The Balaban J connectivity index is 1.53. The van der Waals surface area contributed by atoms with Crippen LogP contribution in [0.3, 0.4) is 0 Å². The van der Waals surface area contributed by atoms with E-state index in [2.05, 4.69) is 18.2 Å². The van der Waals surface area contributed by atoms with E-state index in [0.717, 1.165) is 16.9 Å². The molecule has 3 heterocycles. The molecule has 0 saturated carbocycles. The average molecular weight is 392 g/mol. The van der Waals surface area contributed by atoms with Gasteiger partial charge in [0.2, 0.25) is 0 Å². The van der Waals surface area contributed by atoms with Crippen LogP contribution in [0.25, 0.3) is 10.1 Å². The van der Waals surface area contributed by atoms with Gasteiger partial charge in [-0.15, -0.1) is 22.7 Å². The molecule has 3 aromatic rings. The summed E-state index contributed by atoms with van der Waals surface area (Å²) in [5.41, 5.74) is 0.753. The second kappa shape index (κ2) is 7.36. The van der Waals surface area contributed by atoms with E-state index in [1.165, 1.54) is 15.0 Å². The van der Waals surface area contributed by atoms with E-state index in [9.17, 15) is 20.4 Å². The average Bonchev–Trinajstić information content (AvgIpc) is 3.26. The maximum Gasteiger partial charge on any atom is 0.113 e. The molecule has 1 saturated heterocycles. The summed E-state index contributed by atoms with van der Waals surface area (Å²) in [6.07, 6.45) is -4.77. The van der Waals surface area contributed by atoms with E-state index in [0.29, 0.717) is 0 Å². The minimum Gasteiger partial charge on any atom is -0.394 e. The quantitative estimate of drug-likeness (QED) is 0.546. The molecule has 4 rings (SSSR count). The second-order valence-corrected chi connectivity index (χ2v) is 8.69. The van der Waals surface area contributed by atoms with Crippen LogP contribution in [0.2, 0.25) is 0 Å². The van der Waals surface area contributed by atoms with E-state index in [1.54, 1.807) is 22.7 Å². The normalized spacial score (nSPS) is 29.3. The van der Waals surface area contributed by atoms with Crippen molar-refractivity contribution in [2.24, 2.45) is 0 Å². The molecule has 0 unspecified atom stereocenters. The number of benzene rings is 1. The Bertz CT molecular complexity index is 854. The molecule has 26 heavy (non-hydrogen) atoms. The molecule has 1 aliphatic rings. The van der Waals surface area contributed by atoms with Crippen molar-refractivity contribution in [3.8, 4) is 0 Å². The molecule has 2 aromatic heterocycles. The Morgan fingerprint density at radius 1 is 0.962 bits per heavy atom. The van der Waals surface area contributed by atoms with Gasteiger partial charge >= 0.3 is 0 Å². The lowest BCUT2D eigenvalue weighted by Crippen LogP contribution is -2.55. The van der Waals surface area contributed by atoms with E-state index in [4.69, 9.17) is 4.74 Å². The lowest BCUT2D eigenvalue weighted by Gasteiger charge is -2.39. The molecular weight excluding hydrogens is 372 g/mol. The van der Waals surface area contributed by atoms with Gasteiger partial charge in [-0.2, -0.15) is 0 Å². The summed E-state index contributed by atoms with van der Waals surface area (Å²) >= 11 is 3.33. The number of hydrogen-bond acceptors (Lipinski definition) is 7. The highest BCUT2D eigenvalue weighted by Gasteiger charge is 2.44. The van der Waals surface area contributed by atoms with E-state index in [-0.39, 0.29) is 0 Å². The Morgan fingerprint density at radius 3 is 2.54 bits per heavy atom. The van der Waals surface area contributed by atoms with Crippen LogP contribution in [0.15, 0.2) is 41.8 Å². The van der Waals surface area contributed by atoms with Crippen molar-refractivity contribution in [1.29, 1.82) is 0 Å². The molecule has 0 spiro atoms. The highest BCUT2D eigenvalue weighted by molar-refractivity contribution is 7.19. The molecule has 0 radical (unpaired) electrons. The third-order valence-corrected chi connectivity index (χ3v) is 6.79. The first-order valence-corrected chi connectivity index (χ1v) is 10.1. The van der Waals surface area contributed by atoms with Crippen molar-refractivity contribution in [1.82, 2.24) is 0 Å². The maximum absolute atomic E-state index is 10.3. The predicted octanol–water partition coefficient (Wildman–Crippen LogP) is 2.07. The van der Waals surface area contributed by atoms with Gasteiger partial charge in [-0.25, -0.2) is 0 Å². The minimum absolute atomic E-state index is 0.416. The van der Waals surface area contributed by atoms with Crippen LogP contribution < -0.4 is 0 Å². The Kier molecular flexibility index (Phi) is 5.11. The number of aliphatic hydroxyl groups excluding tert-OH is 4. The molecule has 1 aliphatic heterocycles. The monoisotopic (exact) mass is 392 g/mol. The standard InChI is InChI=1S/C19H20O5S2/c20-8-14-16(21)17(22)18(23)19(24-14)11-6-12(25-9-11)7-13-5-10-3-1-2-4-15(10)26-13/h1-6,9,14,16-23H,7-8H2/t14-,16-,17+,18-,19+/m1/s1. The van der Waals surface area contributed by atoms with Gasteiger partial charge in [-0.05, 0) is 34.5 Å². The van der Waals surface area contributed by atoms with Crippen molar-refractivity contribution in [3.05, 3.63) is 57.1 Å². The largest absolute Gasteiger partial charge is 0.394 e. The lowest BCUT2D eigenvalue weighted by molar-refractivity contribution is -0.231. The molecule has 4 N–H and O–H groups in total. The number of hydrogen-bond donors (Lipinski definition) is 4. The van der Waals surface area contributed by atoms with Gasteiger partial charge < -0.3 is 25.2 Å². The smallest absolute Gasteiger partial charge is 0.113 e. The fraction of sp³-hybridized carbons (Fsp3) is 0.368. The summed E-state index contributed by atoms with van der Waals surface area (Å²) in [7, 11) is 0. The first-order valence-electron chi connectivity index (χ1n) is 8.42. The van der Waals surface area contributed by atoms with Crippen LogP contribution in [-0.2, 0) is 11.2 Å². The molecular formula is C19H20O5S2. The zero-order chi connectivity index (χ0) is 18.3. The summed E-state index contributed by atoms with van der Waals surface area (Å²) < 4.78 is 6.89. The van der Waals surface area contributed by atoms with Crippen LogP contribution >= 0.6 is 22.7 Å². The van der Waals surface area contributed by atoms with Gasteiger partial charge in [-0.3, -0.25) is 0 Å². The van der Waals surface area contributed by atoms with Crippen LogP contribution in [-0.4, -0.2) is 51.4 Å². The number of thiophene rings is 2.